The molecule has 160 valence electrons. The van der Waals surface area contributed by atoms with Gasteiger partial charge in [0.1, 0.15) is 36.6 Å². The van der Waals surface area contributed by atoms with Gasteiger partial charge in [0.25, 0.3) is 0 Å². The molecule has 1 aromatic heterocycles. The van der Waals surface area contributed by atoms with Crippen LogP contribution in [0.3, 0.4) is 0 Å². The Balaban J connectivity index is 1.63. The Morgan fingerprint density at radius 3 is 2.43 bits per heavy atom. The molecule has 0 aliphatic carbocycles. The van der Waals surface area contributed by atoms with Crippen molar-refractivity contribution in [2.45, 2.75) is 43.5 Å². The molecule has 7 N–H and O–H groups in total. The van der Waals surface area contributed by atoms with Gasteiger partial charge in [-0.1, -0.05) is 29.4 Å². The van der Waals surface area contributed by atoms with Gasteiger partial charge < -0.3 is 40.5 Å². The third-order valence-corrected chi connectivity index (χ3v) is 5.66. The largest absolute Gasteiger partial charge is 0.394 e. The van der Waals surface area contributed by atoms with E-state index in [0.29, 0.717) is 22.4 Å². The van der Waals surface area contributed by atoms with Gasteiger partial charge in [-0.25, -0.2) is 0 Å². The summed E-state index contributed by atoms with van der Waals surface area (Å²) < 4.78 is 10.6. The Bertz CT molecular complexity index is 1050. The van der Waals surface area contributed by atoms with Gasteiger partial charge in [-0.3, -0.25) is 0 Å². The normalized spacial score (nSPS) is 28.0. The predicted molar refractivity (Wildman–Crippen MR) is 107 cm³/mol. The van der Waals surface area contributed by atoms with Crippen molar-refractivity contribution in [1.29, 1.82) is 0 Å². The molecule has 2 heterocycles. The Hall–Kier alpha value is -2.53. The number of nitrogens with two attached hydrogens (primary N) is 1. The number of aliphatic hydroxyl groups excluding tert-OH is 5. The van der Waals surface area contributed by atoms with Crippen molar-refractivity contribution in [3.05, 3.63) is 47.5 Å². The van der Waals surface area contributed by atoms with Crippen LogP contribution in [-0.4, -0.2) is 67.8 Å². The standard InChI is InChI=1S/C21H24N2O7/c1-9-6-10(11-3-5-14-13(7-11)21(22)23-30-14)2-4-12(9)16(25)20-19(28)18(27)17(26)15(8-24)29-20/h2-7,15-20,24-28H,8H2,1H3,(H2,22,23)/t15?,16-,17-,18+,19?,20-/m1/s1. The number of nitrogens with zero attached hydrogens (tertiary/aromatic N) is 1. The molecular weight excluding hydrogens is 392 g/mol. The Labute approximate surface area is 171 Å². The van der Waals surface area contributed by atoms with Crippen LogP contribution in [0.1, 0.15) is 17.2 Å². The maximum absolute atomic E-state index is 10.8. The molecule has 0 amide bonds. The summed E-state index contributed by atoms with van der Waals surface area (Å²) in [5.74, 6) is 0.304. The highest BCUT2D eigenvalue weighted by molar-refractivity contribution is 5.90. The summed E-state index contributed by atoms with van der Waals surface area (Å²) in [6, 6.07) is 10.9. The first-order chi connectivity index (χ1) is 14.3. The molecule has 9 nitrogen and oxygen atoms in total. The second-order valence-electron chi connectivity index (χ2n) is 7.59. The lowest BCUT2D eigenvalue weighted by Crippen LogP contribution is -2.59. The van der Waals surface area contributed by atoms with Crippen molar-refractivity contribution in [2.75, 3.05) is 12.3 Å². The first-order valence-corrected chi connectivity index (χ1v) is 9.56. The summed E-state index contributed by atoms with van der Waals surface area (Å²) in [5, 5.41) is 54.8. The van der Waals surface area contributed by atoms with Crippen LogP contribution >= 0.6 is 0 Å². The van der Waals surface area contributed by atoms with Gasteiger partial charge >= 0.3 is 0 Å². The van der Waals surface area contributed by atoms with Gasteiger partial charge in [0.15, 0.2) is 11.4 Å². The first-order valence-electron chi connectivity index (χ1n) is 9.56. The van der Waals surface area contributed by atoms with Crippen molar-refractivity contribution in [2.24, 2.45) is 0 Å². The maximum atomic E-state index is 10.8. The molecule has 2 aromatic carbocycles. The number of aliphatic hydroxyl groups is 5. The molecule has 4 rings (SSSR count). The molecule has 0 bridgehead atoms. The predicted octanol–water partition coefficient (Wildman–Crippen LogP) is 0.261. The average Bonchev–Trinajstić information content (AvgIpc) is 3.12. The van der Waals surface area contributed by atoms with Crippen LogP contribution in [0.2, 0.25) is 0 Å². The lowest BCUT2D eigenvalue weighted by atomic mass is 9.88. The van der Waals surface area contributed by atoms with Crippen LogP contribution in [0.5, 0.6) is 0 Å². The second-order valence-corrected chi connectivity index (χ2v) is 7.59. The number of nitrogen functional groups attached to an aromatic ring is 1. The van der Waals surface area contributed by atoms with Gasteiger partial charge in [-0.05, 0) is 41.3 Å². The van der Waals surface area contributed by atoms with Gasteiger partial charge in [-0.15, -0.1) is 0 Å². The topological polar surface area (TPSA) is 162 Å². The molecule has 1 aliphatic heterocycles. The number of aryl methyl sites for hydroxylation is 1. The number of rotatable bonds is 4. The molecule has 1 aliphatic rings. The van der Waals surface area contributed by atoms with E-state index in [1.165, 1.54) is 0 Å². The van der Waals surface area contributed by atoms with E-state index in [1.54, 1.807) is 25.1 Å². The molecule has 1 saturated heterocycles. The van der Waals surface area contributed by atoms with Gasteiger partial charge in [0.05, 0.1) is 12.0 Å². The van der Waals surface area contributed by atoms with Crippen LogP contribution in [0, 0.1) is 6.92 Å². The Morgan fingerprint density at radius 1 is 1.03 bits per heavy atom. The SMILES string of the molecule is Cc1cc(-c2ccc3onc(N)c3c2)ccc1[C@@H](O)[C@H]1OC(CO)[C@@H](O)[C@H](O)C1O. The number of aromatic nitrogens is 1. The van der Waals surface area contributed by atoms with Crippen molar-refractivity contribution in [1.82, 2.24) is 5.16 Å². The molecule has 2 unspecified atom stereocenters. The van der Waals surface area contributed by atoms with E-state index in [9.17, 15) is 25.5 Å². The van der Waals surface area contributed by atoms with Gasteiger partial charge in [0.2, 0.25) is 0 Å². The molecule has 1 fully saturated rings. The molecule has 0 radical (unpaired) electrons. The summed E-state index contributed by atoms with van der Waals surface area (Å²) >= 11 is 0. The molecule has 0 spiro atoms. The number of hydrogen-bond acceptors (Lipinski definition) is 9. The van der Waals surface area contributed by atoms with Crippen LogP contribution < -0.4 is 5.73 Å². The number of ether oxygens (including phenoxy) is 1. The van der Waals surface area contributed by atoms with E-state index in [1.807, 2.05) is 18.2 Å². The lowest BCUT2D eigenvalue weighted by molar-refractivity contribution is -0.250. The lowest BCUT2D eigenvalue weighted by Gasteiger charge is -2.42. The number of fused-ring (bicyclic) bond motifs is 1. The zero-order chi connectivity index (χ0) is 21.6. The summed E-state index contributed by atoms with van der Waals surface area (Å²) in [7, 11) is 0. The van der Waals surface area contributed by atoms with Gasteiger partial charge in [-0.2, -0.15) is 0 Å². The first kappa shape index (κ1) is 20.7. The van der Waals surface area contributed by atoms with Gasteiger partial charge in [0, 0.05) is 0 Å². The third kappa shape index (κ3) is 3.45. The van der Waals surface area contributed by atoms with Crippen molar-refractivity contribution in [3.8, 4) is 11.1 Å². The number of hydrogen-bond donors (Lipinski definition) is 6. The molecule has 3 aromatic rings. The Kier molecular flexibility index (Phi) is 5.49. The van der Waals surface area contributed by atoms with Crippen molar-refractivity contribution in [3.63, 3.8) is 0 Å². The van der Waals surface area contributed by atoms with E-state index in [-0.39, 0.29) is 0 Å². The average molecular weight is 416 g/mol. The zero-order valence-electron chi connectivity index (χ0n) is 16.2. The van der Waals surface area contributed by atoms with E-state index in [2.05, 4.69) is 5.16 Å². The fourth-order valence-electron chi connectivity index (χ4n) is 3.89. The van der Waals surface area contributed by atoms with Crippen LogP contribution in [0.25, 0.3) is 22.1 Å². The molecular formula is C21H24N2O7. The molecule has 6 atom stereocenters. The number of benzene rings is 2. The minimum atomic E-state index is -1.55. The van der Waals surface area contributed by atoms with Crippen LogP contribution in [0.4, 0.5) is 5.82 Å². The monoisotopic (exact) mass is 416 g/mol. The minimum Gasteiger partial charge on any atom is -0.394 e. The summed E-state index contributed by atoms with van der Waals surface area (Å²) in [6.07, 6.45) is -8.11. The third-order valence-electron chi connectivity index (χ3n) is 5.66. The smallest absolute Gasteiger partial charge is 0.174 e. The zero-order valence-corrected chi connectivity index (χ0v) is 16.2. The number of anilines is 1. The fraction of sp³-hybridized carbons (Fsp3) is 0.381. The highest BCUT2D eigenvalue weighted by Crippen LogP contribution is 2.34. The van der Waals surface area contributed by atoms with E-state index < -0.39 is 43.2 Å². The highest BCUT2D eigenvalue weighted by Gasteiger charge is 2.46. The van der Waals surface area contributed by atoms with Crippen molar-refractivity contribution < 1.29 is 34.8 Å². The summed E-state index contributed by atoms with van der Waals surface area (Å²) in [4.78, 5) is 0. The highest BCUT2D eigenvalue weighted by atomic mass is 16.6. The fourth-order valence-corrected chi connectivity index (χ4v) is 3.89. The second kappa shape index (κ2) is 7.95. The van der Waals surface area contributed by atoms with Crippen molar-refractivity contribution >= 4 is 16.8 Å². The maximum Gasteiger partial charge on any atom is 0.174 e. The molecule has 9 heteroatoms. The van der Waals surface area contributed by atoms with Crippen LogP contribution in [-0.2, 0) is 4.74 Å². The van der Waals surface area contributed by atoms with Crippen LogP contribution in [0.15, 0.2) is 40.9 Å². The summed E-state index contributed by atoms with van der Waals surface area (Å²) in [6.45, 7) is 1.25. The quantitative estimate of drug-likeness (QED) is 0.350. The molecule has 30 heavy (non-hydrogen) atoms. The van der Waals surface area contributed by atoms with E-state index in [0.717, 1.165) is 16.7 Å². The summed E-state index contributed by atoms with van der Waals surface area (Å²) in [5.41, 5.74) is 9.39. The molecule has 0 saturated carbocycles. The Morgan fingerprint density at radius 2 is 1.73 bits per heavy atom. The van der Waals surface area contributed by atoms with E-state index >= 15 is 0 Å². The minimum absolute atomic E-state index is 0.304. The van der Waals surface area contributed by atoms with E-state index in [4.69, 9.17) is 15.0 Å².